The summed E-state index contributed by atoms with van der Waals surface area (Å²) in [6, 6.07) is 7.78. The highest BCUT2D eigenvalue weighted by Crippen LogP contribution is 2.31. The third-order valence-electron chi connectivity index (χ3n) is 2.84. The van der Waals surface area contributed by atoms with Crippen LogP contribution in [0.15, 0.2) is 24.3 Å². The summed E-state index contributed by atoms with van der Waals surface area (Å²) < 4.78 is 5.75. The summed E-state index contributed by atoms with van der Waals surface area (Å²) in [4.78, 5) is 13.8. The standard InChI is InChI=1S/C14H19NO2/c1-11(2)17-13-8-4-3-7-12(13)15-10-6-5-9-14(15)16/h3-4,7-8,11H,5-6,9-10H2,1-2H3. The molecule has 0 N–H and O–H groups in total. The third-order valence-corrected chi connectivity index (χ3v) is 2.84. The van der Waals surface area contributed by atoms with Gasteiger partial charge in [-0.2, -0.15) is 0 Å². The van der Waals surface area contributed by atoms with E-state index in [-0.39, 0.29) is 12.0 Å². The fourth-order valence-corrected chi connectivity index (χ4v) is 2.09. The Kier molecular flexibility index (Phi) is 3.67. The van der Waals surface area contributed by atoms with Crippen LogP contribution in [-0.4, -0.2) is 18.6 Å². The molecule has 1 aliphatic heterocycles. The van der Waals surface area contributed by atoms with E-state index in [0.717, 1.165) is 30.8 Å². The fourth-order valence-electron chi connectivity index (χ4n) is 2.09. The van der Waals surface area contributed by atoms with Gasteiger partial charge < -0.3 is 9.64 Å². The molecule has 92 valence electrons. The lowest BCUT2D eigenvalue weighted by atomic mass is 10.1. The van der Waals surface area contributed by atoms with Gasteiger partial charge in [0.2, 0.25) is 5.91 Å². The van der Waals surface area contributed by atoms with Crippen molar-refractivity contribution in [3.8, 4) is 5.75 Å². The fraction of sp³-hybridized carbons (Fsp3) is 0.500. The lowest BCUT2D eigenvalue weighted by Crippen LogP contribution is -2.35. The summed E-state index contributed by atoms with van der Waals surface area (Å²) in [6.45, 7) is 4.79. The van der Waals surface area contributed by atoms with E-state index in [0.29, 0.717) is 6.42 Å². The summed E-state index contributed by atoms with van der Waals surface area (Å²) in [6.07, 6.45) is 2.84. The second-order valence-corrected chi connectivity index (χ2v) is 4.64. The average Bonchev–Trinajstić information content (AvgIpc) is 2.30. The van der Waals surface area contributed by atoms with Crippen LogP contribution in [0.5, 0.6) is 5.75 Å². The normalized spacial score (nSPS) is 16.4. The number of benzene rings is 1. The monoisotopic (exact) mass is 233 g/mol. The molecule has 1 saturated heterocycles. The molecule has 17 heavy (non-hydrogen) atoms. The zero-order chi connectivity index (χ0) is 12.3. The molecular weight excluding hydrogens is 214 g/mol. The van der Waals surface area contributed by atoms with E-state index in [4.69, 9.17) is 4.74 Å². The van der Waals surface area contributed by atoms with Gasteiger partial charge >= 0.3 is 0 Å². The Balaban J connectivity index is 2.26. The number of hydrogen-bond acceptors (Lipinski definition) is 2. The molecule has 0 atom stereocenters. The van der Waals surface area contributed by atoms with Crippen LogP contribution in [0.2, 0.25) is 0 Å². The highest BCUT2D eigenvalue weighted by molar-refractivity contribution is 5.95. The van der Waals surface area contributed by atoms with E-state index in [2.05, 4.69) is 0 Å². The topological polar surface area (TPSA) is 29.5 Å². The number of nitrogens with zero attached hydrogens (tertiary/aromatic N) is 1. The van der Waals surface area contributed by atoms with Crippen molar-refractivity contribution in [3.63, 3.8) is 0 Å². The number of carbonyl (C=O) groups excluding carboxylic acids is 1. The molecule has 2 rings (SSSR count). The highest BCUT2D eigenvalue weighted by atomic mass is 16.5. The van der Waals surface area contributed by atoms with E-state index < -0.39 is 0 Å². The Bertz CT molecular complexity index is 401. The first-order valence-corrected chi connectivity index (χ1v) is 6.24. The minimum atomic E-state index is 0.121. The summed E-state index contributed by atoms with van der Waals surface area (Å²) >= 11 is 0. The summed E-state index contributed by atoms with van der Waals surface area (Å²) in [5.74, 6) is 1.01. The van der Waals surface area contributed by atoms with Crippen molar-refractivity contribution < 1.29 is 9.53 Å². The number of rotatable bonds is 3. The number of ether oxygens (including phenoxy) is 1. The Labute approximate surface area is 102 Å². The largest absolute Gasteiger partial charge is 0.489 e. The summed E-state index contributed by atoms with van der Waals surface area (Å²) in [5, 5.41) is 0. The Morgan fingerprint density at radius 2 is 2.00 bits per heavy atom. The maximum Gasteiger partial charge on any atom is 0.227 e. The van der Waals surface area contributed by atoms with Crippen LogP contribution in [0.1, 0.15) is 33.1 Å². The molecule has 1 aromatic carbocycles. The molecule has 0 spiro atoms. The van der Waals surface area contributed by atoms with Gasteiger partial charge in [0.05, 0.1) is 11.8 Å². The van der Waals surface area contributed by atoms with Crippen LogP contribution in [0.3, 0.4) is 0 Å². The molecule has 0 unspecified atom stereocenters. The van der Waals surface area contributed by atoms with Crippen molar-refractivity contribution >= 4 is 11.6 Å². The molecule has 3 heteroatoms. The van der Waals surface area contributed by atoms with Gasteiger partial charge in [-0.25, -0.2) is 0 Å². The minimum Gasteiger partial charge on any atom is -0.489 e. The number of para-hydroxylation sites is 2. The Morgan fingerprint density at radius 1 is 1.24 bits per heavy atom. The van der Waals surface area contributed by atoms with Gasteiger partial charge in [0.1, 0.15) is 5.75 Å². The molecule has 1 fully saturated rings. The zero-order valence-corrected chi connectivity index (χ0v) is 10.5. The SMILES string of the molecule is CC(C)Oc1ccccc1N1CCCCC1=O. The molecule has 3 nitrogen and oxygen atoms in total. The molecule has 1 heterocycles. The van der Waals surface area contributed by atoms with Gasteiger partial charge in [-0.05, 0) is 38.8 Å². The van der Waals surface area contributed by atoms with Crippen molar-refractivity contribution in [1.82, 2.24) is 0 Å². The molecule has 1 amide bonds. The van der Waals surface area contributed by atoms with Gasteiger partial charge in [0.15, 0.2) is 0 Å². The molecular formula is C14H19NO2. The highest BCUT2D eigenvalue weighted by Gasteiger charge is 2.22. The van der Waals surface area contributed by atoms with E-state index in [1.807, 2.05) is 43.0 Å². The first-order chi connectivity index (χ1) is 8.18. The first kappa shape index (κ1) is 12.0. The van der Waals surface area contributed by atoms with Crippen LogP contribution in [0, 0.1) is 0 Å². The van der Waals surface area contributed by atoms with Crippen molar-refractivity contribution in [2.45, 2.75) is 39.2 Å². The number of anilines is 1. The van der Waals surface area contributed by atoms with E-state index in [1.54, 1.807) is 0 Å². The van der Waals surface area contributed by atoms with Crippen molar-refractivity contribution in [2.75, 3.05) is 11.4 Å². The second kappa shape index (κ2) is 5.21. The summed E-state index contributed by atoms with van der Waals surface area (Å²) in [5.41, 5.74) is 0.908. The van der Waals surface area contributed by atoms with Crippen molar-refractivity contribution in [1.29, 1.82) is 0 Å². The zero-order valence-electron chi connectivity index (χ0n) is 10.5. The molecule has 0 radical (unpaired) electrons. The van der Waals surface area contributed by atoms with Crippen LogP contribution < -0.4 is 9.64 Å². The average molecular weight is 233 g/mol. The Morgan fingerprint density at radius 3 is 2.71 bits per heavy atom. The molecule has 0 aromatic heterocycles. The lowest BCUT2D eigenvalue weighted by molar-refractivity contribution is -0.119. The number of piperidine rings is 1. The van der Waals surface area contributed by atoms with E-state index >= 15 is 0 Å². The molecule has 0 aliphatic carbocycles. The smallest absolute Gasteiger partial charge is 0.227 e. The van der Waals surface area contributed by atoms with Crippen LogP contribution >= 0.6 is 0 Å². The van der Waals surface area contributed by atoms with Gasteiger partial charge in [0.25, 0.3) is 0 Å². The second-order valence-electron chi connectivity index (χ2n) is 4.64. The van der Waals surface area contributed by atoms with E-state index in [9.17, 15) is 4.79 Å². The maximum atomic E-state index is 11.9. The van der Waals surface area contributed by atoms with Gasteiger partial charge in [-0.3, -0.25) is 4.79 Å². The van der Waals surface area contributed by atoms with Crippen molar-refractivity contribution in [2.24, 2.45) is 0 Å². The van der Waals surface area contributed by atoms with Gasteiger partial charge in [0, 0.05) is 13.0 Å². The molecule has 0 bridgehead atoms. The number of hydrogen-bond donors (Lipinski definition) is 0. The van der Waals surface area contributed by atoms with Crippen LogP contribution in [0.25, 0.3) is 0 Å². The predicted molar refractivity (Wildman–Crippen MR) is 68.4 cm³/mol. The molecule has 0 saturated carbocycles. The quantitative estimate of drug-likeness (QED) is 0.803. The first-order valence-electron chi connectivity index (χ1n) is 6.24. The minimum absolute atomic E-state index is 0.121. The molecule has 1 aliphatic rings. The van der Waals surface area contributed by atoms with E-state index in [1.165, 1.54) is 0 Å². The number of carbonyl (C=O) groups is 1. The third kappa shape index (κ3) is 2.78. The van der Waals surface area contributed by atoms with Crippen LogP contribution in [0.4, 0.5) is 5.69 Å². The molecule has 1 aromatic rings. The van der Waals surface area contributed by atoms with Gasteiger partial charge in [-0.1, -0.05) is 12.1 Å². The predicted octanol–water partition coefficient (Wildman–Crippen LogP) is 2.99. The lowest BCUT2D eigenvalue weighted by Gasteiger charge is -2.28. The van der Waals surface area contributed by atoms with Crippen molar-refractivity contribution in [3.05, 3.63) is 24.3 Å². The Hall–Kier alpha value is -1.51. The summed E-state index contributed by atoms with van der Waals surface area (Å²) in [7, 11) is 0. The van der Waals surface area contributed by atoms with Crippen LogP contribution in [-0.2, 0) is 4.79 Å². The maximum absolute atomic E-state index is 11.9. The number of amides is 1. The van der Waals surface area contributed by atoms with Gasteiger partial charge in [-0.15, -0.1) is 0 Å².